The van der Waals surface area contributed by atoms with Crippen molar-refractivity contribution >= 4 is 0 Å². The number of epoxide rings is 1. The van der Waals surface area contributed by atoms with E-state index in [2.05, 4.69) is 5.32 Å². The van der Waals surface area contributed by atoms with Gasteiger partial charge in [0.1, 0.15) is 12.3 Å². The molecule has 0 amide bonds. The molecule has 0 aromatic carbocycles. The van der Waals surface area contributed by atoms with Gasteiger partial charge in [0.05, 0.1) is 13.2 Å². The smallest absolute Gasteiger partial charge is 0.137 e. The Hall–Kier alpha value is -0.160. The maximum absolute atomic E-state index is 8.45. The molecule has 1 aliphatic rings. The van der Waals surface area contributed by atoms with Gasteiger partial charge in [0.2, 0.25) is 0 Å². The lowest BCUT2D eigenvalue weighted by molar-refractivity contribution is 0.238. The average Bonchev–Trinajstić information content (AvgIpc) is 2.62. The molecule has 0 radical (unpaired) electrons. The van der Waals surface area contributed by atoms with Crippen LogP contribution in [0, 0.1) is 0 Å². The quantitative estimate of drug-likeness (QED) is 0.399. The normalized spacial score (nSPS) is 32.7. The predicted molar refractivity (Wildman–Crippen MR) is 30.8 cm³/mol. The van der Waals surface area contributed by atoms with Crippen molar-refractivity contribution in [2.45, 2.75) is 12.3 Å². The van der Waals surface area contributed by atoms with Crippen LogP contribution in [0.2, 0.25) is 0 Å². The summed E-state index contributed by atoms with van der Waals surface area (Å²) in [6.07, 6.45) is -0.0706. The van der Waals surface area contributed by atoms with E-state index in [1.54, 1.807) is 0 Å². The first-order valence-electron chi connectivity index (χ1n) is 2.99. The van der Waals surface area contributed by atoms with Gasteiger partial charge in [-0.05, 0) is 0 Å². The van der Waals surface area contributed by atoms with Gasteiger partial charge >= 0.3 is 0 Å². The zero-order chi connectivity index (χ0) is 6.69. The average molecular weight is 133 g/mol. The third-order valence-electron chi connectivity index (χ3n) is 1.22. The summed E-state index contributed by atoms with van der Waals surface area (Å²) in [5.74, 6) is 0. The molecule has 1 saturated heterocycles. The summed E-state index contributed by atoms with van der Waals surface area (Å²) >= 11 is 0. The highest BCUT2D eigenvalue weighted by Gasteiger charge is 2.37. The number of aliphatic hydroxyl groups is 2. The van der Waals surface area contributed by atoms with Gasteiger partial charge < -0.3 is 14.9 Å². The van der Waals surface area contributed by atoms with Crippen molar-refractivity contribution in [3.63, 3.8) is 0 Å². The van der Waals surface area contributed by atoms with Crippen LogP contribution in [0.1, 0.15) is 0 Å². The minimum atomic E-state index is -0.0449. The second-order valence-corrected chi connectivity index (χ2v) is 1.96. The van der Waals surface area contributed by atoms with Crippen molar-refractivity contribution in [2.75, 3.05) is 19.8 Å². The zero-order valence-corrected chi connectivity index (χ0v) is 5.08. The molecule has 0 bridgehead atoms. The Kier molecular flexibility index (Phi) is 2.41. The molecule has 9 heavy (non-hydrogen) atoms. The summed E-state index contributed by atoms with van der Waals surface area (Å²) < 4.78 is 4.90. The van der Waals surface area contributed by atoms with Crippen LogP contribution in [0.3, 0.4) is 0 Å². The van der Waals surface area contributed by atoms with E-state index in [-0.39, 0.29) is 25.5 Å². The summed E-state index contributed by atoms with van der Waals surface area (Å²) in [6, 6.07) is 0. The van der Waals surface area contributed by atoms with Gasteiger partial charge in [-0.1, -0.05) is 0 Å². The van der Waals surface area contributed by atoms with Crippen LogP contribution in [0.15, 0.2) is 0 Å². The molecular weight excluding hydrogens is 122 g/mol. The second kappa shape index (κ2) is 3.12. The highest BCUT2D eigenvalue weighted by Crippen LogP contribution is 2.16. The molecule has 4 nitrogen and oxygen atoms in total. The van der Waals surface area contributed by atoms with Gasteiger partial charge in [-0.25, -0.2) is 0 Å². The van der Waals surface area contributed by atoms with Crippen LogP contribution in [-0.2, 0) is 4.74 Å². The van der Waals surface area contributed by atoms with Crippen molar-refractivity contribution in [1.82, 2.24) is 5.32 Å². The number of hydrogen-bond acceptors (Lipinski definition) is 4. The molecule has 1 heterocycles. The molecule has 0 spiro atoms. The molecule has 0 aromatic rings. The minimum Gasteiger partial charge on any atom is -0.395 e. The summed E-state index contributed by atoms with van der Waals surface area (Å²) in [5, 5.41) is 19.6. The Bertz CT molecular complexity index is 88.3. The molecule has 2 unspecified atom stereocenters. The molecular formula is C5H11NO3. The third-order valence-corrected chi connectivity index (χ3v) is 1.22. The number of ether oxygens (including phenoxy) is 1. The van der Waals surface area contributed by atoms with E-state index in [1.807, 2.05) is 0 Å². The topological polar surface area (TPSA) is 65.0 Å². The molecule has 0 aromatic heterocycles. The summed E-state index contributed by atoms with van der Waals surface area (Å²) in [6.45, 7) is 0.697. The minimum absolute atomic E-state index is 0.0258. The van der Waals surface area contributed by atoms with Crippen LogP contribution in [0.4, 0.5) is 0 Å². The molecule has 1 fully saturated rings. The largest absolute Gasteiger partial charge is 0.395 e. The molecule has 3 N–H and O–H groups in total. The molecule has 1 aliphatic heterocycles. The lowest BCUT2D eigenvalue weighted by Gasteiger charge is -1.93. The Morgan fingerprint density at radius 2 is 2.22 bits per heavy atom. The standard InChI is InChI=1S/C5H11NO3/c7-2-1-6-5-4(3-8)9-5/h4-8H,1-3H2. The van der Waals surface area contributed by atoms with Gasteiger partial charge in [0.15, 0.2) is 0 Å². The van der Waals surface area contributed by atoms with E-state index in [0.29, 0.717) is 6.54 Å². The van der Waals surface area contributed by atoms with Gasteiger partial charge in [0, 0.05) is 6.54 Å². The van der Waals surface area contributed by atoms with Crippen molar-refractivity contribution in [3.8, 4) is 0 Å². The maximum Gasteiger partial charge on any atom is 0.137 e. The molecule has 4 heteroatoms. The first-order chi connectivity index (χ1) is 4.38. The van der Waals surface area contributed by atoms with Crippen molar-refractivity contribution in [1.29, 1.82) is 0 Å². The van der Waals surface area contributed by atoms with Crippen molar-refractivity contribution in [2.24, 2.45) is 0 Å². The molecule has 2 atom stereocenters. The van der Waals surface area contributed by atoms with Crippen LogP contribution < -0.4 is 5.32 Å². The fourth-order valence-electron chi connectivity index (χ4n) is 0.668. The van der Waals surface area contributed by atoms with Crippen LogP contribution in [-0.4, -0.2) is 42.3 Å². The van der Waals surface area contributed by atoms with Crippen LogP contribution in [0.5, 0.6) is 0 Å². The molecule has 0 saturated carbocycles. The van der Waals surface area contributed by atoms with Gasteiger partial charge in [-0.15, -0.1) is 0 Å². The third kappa shape index (κ3) is 1.91. The fourth-order valence-corrected chi connectivity index (χ4v) is 0.668. The fraction of sp³-hybridized carbons (Fsp3) is 1.00. The Morgan fingerprint density at radius 1 is 1.44 bits per heavy atom. The molecule has 0 aliphatic carbocycles. The Balaban J connectivity index is 1.92. The monoisotopic (exact) mass is 133 g/mol. The predicted octanol–water partition coefficient (Wildman–Crippen LogP) is -1.71. The van der Waals surface area contributed by atoms with E-state index < -0.39 is 0 Å². The van der Waals surface area contributed by atoms with E-state index in [4.69, 9.17) is 14.9 Å². The second-order valence-electron chi connectivity index (χ2n) is 1.96. The van der Waals surface area contributed by atoms with Gasteiger partial charge in [0.25, 0.3) is 0 Å². The number of hydrogen-bond donors (Lipinski definition) is 3. The van der Waals surface area contributed by atoms with E-state index in [0.717, 1.165) is 0 Å². The SMILES string of the molecule is OCCNC1OC1CO. The van der Waals surface area contributed by atoms with E-state index in [1.165, 1.54) is 0 Å². The first-order valence-corrected chi connectivity index (χ1v) is 2.99. The first kappa shape index (κ1) is 6.95. The number of rotatable bonds is 4. The van der Waals surface area contributed by atoms with Gasteiger partial charge in [-0.3, -0.25) is 5.32 Å². The highest BCUT2D eigenvalue weighted by atomic mass is 16.6. The summed E-state index contributed by atoms with van der Waals surface area (Å²) in [5.41, 5.74) is 0. The van der Waals surface area contributed by atoms with E-state index >= 15 is 0 Å². The summed E-state index contributed by atoms with van der Waals surface area (Å²) in [4.78, 5) is 0. The highest BCUT2D eigenvalue weighted by molar-refractivity contribution is 4.81. The van der Waals surface area contributed by atoms with Gasteiger partial charge in [-0.2, -0.15) is 0 Å². The Labute approximate surface area is 53.4 Å². The lowest BCUT2D eigenvalue weighted by Crippen LogP contribution is -2.24. The summed E-state index contributed by atoms with van der Waals surface area (Å²) in [7, 11) is 0. The lowest BCUT2D eigenvalue weighted by atomic mass is 10.4. The van der Waals surface area contributed by atoms with E-state index in [9.17, 15) is 0 Å². The van der Waals surface area contributed by atoms with Crippen LogP contribution >= 0.6 is 0 Å². The zero-order valence-electron chi connectivity index (χ0n) is 5.08. The number of aliphatic hydroxyl groups excluding tert-OH is 2. The van der Waals surface area contributed by atoms with Crippen LogP contribution in [0.25, 0.3) is 0 Å². The molecule has 54 valence electrons. The van der Waals surface area contributed by atoms with Crippen molar-refractivity contribution < 1.29 is 14.9 Å². The molecule has 1 rings (SSSR count). The Morgan fingerprint density at radius 3 is 2.67 bits per heavy atom. The van der Waals surface area contributed by atoms with Crippen molar-refractivity contribution in [3.05, 3.63) is 0 Å². The number of nitrogens with one attached hydrogen (secondary N) is 1. The maximum atomic E-state index is 8.45.